The highest BCUT2D eigenvalue weighted by atomic mass is 16.2. The van der Waals surface area contributed by atoms with E-state index in [4.69, 9.17) is 5.26 Å². The number of carbonyl (C=O) groups excluding carboxylic acids is 1. The van der Waals surface area contributed by atoms with Gasteiger partial charge in [0.1, 0.15) is 0 Å². The lowest BCUT2D eigenvalue weighted by molar-refractivity contribution is 0.0733. The molecule has 0 radical (unpaired) electrons. The summed E-state index contributed by atoms with van der Waals surface area (Å²) in [5.74, 6) is 0.0902. The number of carbonyl (C=O) groups is 1. The van der Waals surface area contributed by atoms with Crippen molar-refractivity contribution in [3.63, 3.8) is 0 Å². The van der Waals surface area contributed by atoms with Gasteiger partial charge in [-0.25, -0.2) is 0 Å². The molecular weight excluding hydrogens is 262 g/mol. The fourth-order valence-electron chi connectivity index (χ4n) is 3.57. The highest BCUT2D eigenvalue weighted by Crippen LogP contribution is 2.32. The summed E-state index contributed by atoms with van der Waals surface area (Å²) in [7, 11) is 0. The van der Waals surface area contributed by atoms with Crippen LogP contribution in [0.15, 0.2) is 36.9 Å². The van der Waals surface area contributed by atoms with Gasteiger partial charge in [0.05, 0.1) is 11.6 Å². The molecule has 2 saturated heterocycles. The van der Waals surface area contributed by atoms with Gasteiger partial charge >= 0.3 is 0 Å². The van der Waals surface area contributed by atoms with Gasteiger partial charge in [-0.15, -0.1) is 6.58 Å². The highest BCUT2D eigenvalue weighted by molar-refractivity contribution is 5.94. The zero-order valence-corrected chi connectivity index (χ0v) is 12.0. The van der Waals surface area contributed by atoms with Crippen LogP contribution in [-0.2, 0) is 0 Å². The van der Waals surface area contributed by atoms with Crippen LogP contribution >= 0.6 is 0 Å². The van der Waals surface area contributed by atoms with Gasteiger partial charge in [-0.2, -0.15) is 5.26 Å². The maximum Gasteiger partial charge on any atom is 0.254 e. The third kappa shape index (κ3) is 2.45. The molecular formula is C17H19N3O. The Hall–Kier alpha value is -2.12. The molecule has 2 fully saturated rings. The summed E-state index contributed by atoms with van der Waals surface area (Å²) >= 11 is 0. The SMILES string of the molecule is C=CCN1CCC2C1CCN2C(=O)c1ccc(C#N)cc1. The molecule has 4 heteroatoms. The van der Waals surface area contributed by atoms with Crippen molar-refractivity contribution in [3.8, 4) is 6.07 Å². The van der Waals surface area contributed by atoms with E-state index in [2.05, 4.69) is 17.5 Å². The molecule has 2 aliphatic rings. The molecule has 0 bridgehead atoms. The van der Waals surface area contributed by atoms with Gasteiger partial charge < -0.3 is 4.90 Å². The summed E-state index contributed by atoms with van der Waals surface area (Å²) in [6, 6.07) is 9.81. The number of rotatable bonds is 3. The summed E-state index contributed by atoms with van der Waals surface area (Å²) in [6.07, 6.45) is 4.02. The molecule has 2 aliphatic heterocycles. The summed E-state index contributed by atoms with van der Waals surface area (Å²) < 4.78 is 0. The molecule has 2 unspecified atom stereocenters. The minimum absolute atomic E-state index is 0.0902. The number of hydrogen-bond donors (Lipinski definition) is 0. The number of benzene rings is 1. The van der Waals surface area contributed by atoms with Crippen molar-refractivity contribution < 1.29 is 4.79 Å². The Balaban J connectivity index is 1.74. The summed E-state index contributed by atoms with van der Waals surface area (Å²) in [5.41, 5.74) is 1.26. The van der Waals surface area contributed by atoms with E-state index < -0.39 is 0 Å². The van der Waals surface area contributed by atoms with Crippen LogP contribution in [0.2, 0.25) is 0 Å². The Morgan fingerprint density at radius 2 is 2.00 bits per heavy atom. The minimum Gasteiger partial charge on any atom is -0.334 e. The lowest BCUT2D eigenvalue weighted by atomic mass is 10.1. The Morgan fingerprint density at radius 3 is 2.67 bits per heavy atom. The predicted molar refractivity (Wildman–Crippen MR) is 80.8 cm³/mol. The second-order valence-electron chi connectivity index (χ2n) is 5.68. The lowest BCUT2D eigenvalue weighted by Gasteiger charge is -2.25. The maximum atomic E-state index is 12.7. The Morgan fingerprint density at radius 1 is 1.29 bits per heavy atom. The fourth-order valence-corrected chi connectivity index (χ4v) is 3.57. The van der Waals surface area contributed by atoms with E-state index >= 15 is 0 Å². The van der Waals surface area contributed by atoms with E-state index in [1.807, 2.05) is 11.0 Å². The molecule has 0 spiro atoms. The van der Waals surface area contributed by atoms with E-state index in [1.54, 1.807) is 24.3 Å². The van der Waals surface area contributed by atoms with Gasteiger partial charge in [0, 0.05) is 37.3 Å². The summed E-state index contributed by atoms with van der Waals surface area (Å²) in [4.78, 5) is 17.1. The van der Waals surface area contributed by atoms with Crippen LogP contribution in [0, 0.1) is 11.3 Å². The molecule has 1 aromatic carbocycles. The molecule has 108 valence electrons. The third-order valence-electron chi connectivity index (χ3n) is 4.58. The number of amides is 1. The Bertz CT molecular complexity index is 587. The molecule has 0 aliphatic carbocycles. The molecule has 4 nitrogen and oxygen atoms in total. The van der Waals surface area contributed by atoms with E-state index in [-0.39, 0.29) is 5.91 Å². The standard InChI is InChI=1S/C17H19N3O/c1-2-9-19-10-7-16-15(19)8-11-20(16)17(21)14-5-3-13(12-18)4-6-14/h2-6,15-16H,1,7-11H2. The van der Waals surface area contributed by atoms with Crippen molar-refractivity contribution >= 4 is 5.91 Å². The van der Waals surface area contributed by atoms with Crippen molar-refractivity contribution in [2.24, 2.45) is 0 Å². The van der Waals surface area contributed by atoms with Crippen molar-refractivity contribution in [1.29, 1.82) is 5.26 Å². The van der Waals surface area contributed by atoms with E-state index in [9.17, 15) is 4.79 Å². The number of nitriles is 1. The molecule has 0 saturated carbocycles. The van der Waals surface area contributed by atoms with Crippen molar-refractivity contribution in [2.75, 3.05) is 19.6 Å². The van der Waals surface area contributed by atoms with Crippen molar-refractivity contribution in [3.05, 3.63) is 48.0 Å². The first kappa shape index (κ1) is 13.8. The van der Waals surface area contributed by atoms with E-state index in [1.165, 1.54) is 0 Å². The number of fused-ring (bicyclic) bond motifs is 1. The zero-order valence-electron chi connectivity index (χ0n) is 12.0. The van der Waals surface area contributed by atoms with E-state index in [0.29, 0.717) is 23.2 Å². The molecule has 0 N–H and O–H groups in total. The van der Waals surface area contributed by atoms with Crippen LogP contribution < -0.4 is 0 Å². The van der Waals surface area contributed by atoms with E-state index in [0.717, 1.165) is 32.5 Å². The number of hydrogen-bond acceptors (Lipinski definition) is 3. The third-order valence-corrected chi connectivity index (χ3v) is 4.58. The second kappa shape index (κ2) is 5.71. The first-order valence-corrected chi connectivity index (χ1v) is 7.40. The molecule has 21 heavy (non-hydrogen) atoms. The first-order chi connectivity index (χ1) is 10.2. The average Bonchev–Trinajstić information content (AvgIpc) is 3.10. The maximum absolute atomic E-state index is 12.7. The van der Waals surface area contributed by atoms with Crippen LogP contribution in [0.4, 0.5) is 0 Å². The summed E-state index contributed by atoms with van der Waals surface area (Å²) in [5, 5.41) is 8.82. The molecule has 2 atom stereocenters. The molecule has 1 amide bonds. The van der Waals surface area contributed by atoms with Crippen LogP contribution in [0.3, 0.4) is 0 Å². The Kier molecular flexibility index (Phi) is 3.76. The first-order valence-electron chi connectivity index (χ1n) is 7.40. The molecule has 1 aromatic rings. The molecule has 3 rings (SSSR count). The minimum atomic E-state index is 0.0902. The smallest absolute Gasteiger partial charge is 0.254 e. The Labute approximate surface area is 125 Å². The van der Waals surface area contributed by atoms with Crippen LogP contribution in [-0.4, -0.2) is 47.4 Å². The van der Waals surface area contributed by atoms with Gasteiger partial charge in [-0.1, -0.05) is 6.08 Å². The van der Waals surface area contributed by atoms with Gasteiger partial charge in [0.25, 0.3) is 5.91 Å². The van der Waals surface area contributed by atoms with Crippen LogP contribution in [0.25, 0.3) is 0 Å². The fraction of sp³-hybridized carbons (Fsp3) is 0.412. The molecule has 2 heterocycles. The lowest BCUT2D eigenvalue weighted by Crippen LogP contribution is -2.39. The number of nitrogens with zero attached hydrogens (tertiary/aromatic N) is 3. The normalized spacial score (nSPS) is 24.6. The van der Waals surface area contributed by atoms with Crippen LogP contribution in [0.5, 0.6) is 0 Å². The largest absolute Gasteiger partial charge is 0.334 e. The topological polar surface area (TPSA) is 47.3 Å². The van der Waals surface area contributed by atoms with Crippen molar-refractivity contribution in [1.82, 2.24) is 9.80 Å². The average molecular weight is 281 g/mol. The van der Waals surface area contributed by atoms with Gasteiger partial charge in [0.2, 0.25) is 0 Å². The zero-order chi connectivity index (χ0) is 14.8. The van der Waals surface area contributed by atoms with Crippen molar-refractivity contribution in [2.45, 2.75) is 24.9 Å². The van der Waals surface area contributed by atoms with Crippen LogP contribution in [0.1, 0.15) is 28.8 Å². The monoisotopic (exact) mass is 281 g/mol. The van der Waals surface area contributed by atoms with Gasteiger partial charge in [-0.05, 0) is 37.1 Å². The van der Waals surface area contributed by atoms with Gasteiger partial charge in [0.15, 0.2) is 0 Å². The molecule has 0 aromatic heterocycles. The summed E-state index contributed by atoms with van der Waals surface area (Å²) in [6.45, 7) is 6.57. The second-order valence-corrected chi connectivity index (χ2v) is 5.68. The highest BCUT2D eigenvalue weighted by Gasteiger charge is 2.43. The quantitative estimate of drug-likeness (QED) is 0.797. The predicted octanol–water partition coefficient (Wildman–Crippen LogP) is 2.03. The number of likely N-dealkylation sites (tertiary alicyclic amines) is 2. The van der Waals surface area contributed by atoms with Gasteiger partial charge in [-0.3, -0.25) is 9.69 Å².